The summed E-state index contributed by atoms with van der Waals surface area (Å²) in [6.07, 6.45) is 3.96. The molecule has 2 aromatic carbocycles. The van der Waals surface area contributed by atoms with Crippen LogP contribution in [0.25, 0.3) is 0 Å². The predicted molar refractivity (Wildman–Crippen MR) is 103 cm³/mol. The first kappa shape index (κ1) is 16.7. The number of nitrogens with zero attached hydrogens (tertiary/aromatic N) is 1. The number of hydrogen-bond acceptors (Lipinski definition) is 2. The highest BCUT2D eigenvalue weighted by atomic mass is 16.3. The molecule has 2 aliphatic carbocycles. The van der Waals surface area contributed by atoms with Gasteiger partial charge in [-0.3, -0.25) is 4.90 Å². The van der Waals surface area contributed by atoms with Crippen molar-refractivity contribution in [1.82, 2.24) is 4.90 Å². The summed E-state index contributed by atoms with van der Waals surface area (Å²) < 4.78 is 0. The number of benzene rings is 2. The summed E-state index contributed by atoms with van der Waals surface area (Å²) in [4.78, 5) is 2.63. The van der Waals surface area contributed by atoms with Crippen molar-refractivity contribution >= 4 is 0 Å². The summed E-state index contributed by atoms with van der Waals surface area (Å²) >= 11 is 0. The molecule has 3 atom stereocenters. The summed E-state index contributed by atoms with van der Waals surface area (Å²) in [6.45, 7) is 8.45. The van der Waals surface area contributed by atoms with Crippen LogP contribution in [-0.2, 0) is 6.54 Å². The minimum atomic E-state index is 0.444. The molecule has 0 bridgehead atoms. The zero-order chi connectivity index (χ0) is 17.6. The van der Waals surface area contributed by atoms with Crippen LogP contribution in [0, 0.1) is 19.8 Å². The van der Waals surface area contributed by atoms with E-state index in [4.69, 9.17) is 0 Å². The van der Waals surface area contributed by atoms with Gasteiger partial charge in [0.1, 0.15) is 5.75 Å². The number of phenols is 1. The average molecular weight is 335 g/mol. The van der Waals surface area contributed by atoms with Crippen LogP contribution in [0.5, 0.6) is 5.75 Å². The highest BCUT2D eigenvalue weighted by Crippen LogP contribution is 2.58. The molecule has 1 saturated carbocycles. The number of rotatable bonds is 4. The van der Waals surface area contributed by atoms with Crippen LogP contribution in [0.3, 0.4) is 0 Å². The molecule has 132 valence electrons. The van der Waals surface area contributed by atoms with Gasteiger partial charge in [0.2, 0.25) is 0 Å². The van der Waals surface area contributed by atoms with Crippen LogP contribution in [0.1, 0.15) is 66.0 Å². The van der Waals surface area contributed by atoms with Crippen molar-refractivity contribution in [2.45, 2.75) is 58.5 Å². The summed E-state index contributed by atoms with van der Waals surface area (Å²) in [5.41, 5.74) is 6.47. The van der Waals surface area contributed by atoms with Crippen molar-refractivity contribution in [2.24, 2.45) is 5.92 Å². The van der Waals surface area contributed by atoms with E-state index in [1.165, 1.54) is 36.0 Å². The van der Waals surface area contributed by atoms with E-state index >= 15 is 0 Å². The average Bonchev–Trinajstić information content (AvgIpc) is 3.20. The molecule has 1 fully saturated rings. The van der Waals surface area contributed by atoms with Crippen LogP contribution in [0.4, 0.5) is 0 Å². The minimum absolute atomic E-state index is 0.444. The normalized spacial score (nSPS) is 24.6. The van der Waals surface area contributed by atoms with E-state index in [2.05, 4.69) is 55.1 Å². The Bertz CT molecular complexity index is 767. The molecule has 0 amide bonds. The number of phenolic OH excluding ortho intramolecular Hbond substituents is 1. The van der Waals surface area contributed by atoms with Gasteiger partial charge in [0.25, 0.3) is 0 Å². The monoisotopic (exact) mass is 335 g/mol. The smallest absolute Gasteiger partial charge is 0.121 e. The lowest BCUT2D eigenvalue weighted by molar-refractivity contribution is 0.147. The number of aryl methyl sites for hydroxylation is 1. The maximum absolute atomic E-state index is 10.6. The molecular formula is C23H29NO. The Morgan fingerprint density at radius 3 is 2.60 bits per heavy atom. The molecular weight excluding hydrogens is 306 g/mol. The second-order valence-corrected chi connectivity index (χ2v) is 7.86. The quantitative estimate of drug-likeness (QED) is 0.801. The van der Waals surface area contributed by atoms with E-state index in [1.54, 1.807) is 0 Å². The molecule has 0 aromatic heterocycles. The maximum atomic E-state index is 10.6. The first-order valence-corrected chi connectivity index (χ1v) is 9.72. The molecule has 0 spiro atoms. The van der Waals surface area contributed by atoms with Crippen molar-refractivity contribution in [2.75, 3.05) is 6.54 Å². The maximum Gasteiger partial charge on any atom is 0.121 e. The van der Waals surface area contributed by atoms with Crippen molar-refractivity contribution in [3.63, 3.8) is 0 Å². The van der Waals surface area contributed by atoms with Gasteiger partial charge in [-0.15, -0.1) is 0 Å². The molecule has 4 rings (SSSR count). The van der Waals surface area contributed by atoms with E-state index in [9.17, 15) is 5.11 Å². The third-order valence-electron chi connectivity index (χ3n) is 6.51. The highest BCUT2D eigenvalue weighted by molar-refractivity contribution is 5.54. The number of hydrogen-bond donors (Lipinski definition) is 1. The number of aromatic hydroxyl groups is 1. The summed E-state index contributed by atoms with van der Waals surface area (Å²) in [5, 5.41) is 10.6. The third-order valence-corrected chi connectivity index (χ3v) is 6.51. The molecule has 2 aliphatic rings. The van der Waals surface area contributed by atoms with E-state index < -0.39 is 0 Å². The van der Waals surface area contributed by atoms with Crippen LogP contribution in [0.2, 0.25) is 0 Å². The molecule has 0 heterocycles. The fraction of sp³-hybridized carbons (Fsp3) is 0.478. The topological polar surface area (TPSA) is 23.5 Å². The fourth-order valence-corrected chi connectivity index (χ4v) is 5.36. The van der Waals surface area contributed by atoms with E-state index in [-0.39, 0.29) is 0 Å². The molecule has 1 unspecified atom stereocenters. The molecule has 2 heteroatoms. The molecule has 2 aromatic rings. The van der Waals surface area contributed by atoms with Crippen LogP contribution in [0.15, 0.2) is 36.4 Å². The Labute approximate surface area is 151 Å². The largest absolute Gasteiger partial charge is 0.507 e. The van der Waals surface area contributed by atoms with Gasteiger partial charge in [-0.05, 0) is 72.9 Å². The standard InChI is InChI=1S/C23H29NO/c1-4-24(14-17-9-6-5-7-10-17)22-19-12-8-11-18(19)20-13-15(2)23(25)16(3)21(20)22/h5-7,9-10,13,18-19,22,25H,4,8,11-12,14H2,1-3H3/t18-,19+,22?/m0/s1. The van der Waals surface area contributed by atoms with Gasteiger partial charge >= 0.3 is 0 Å². The van der Waals surface area contributed by atoms with E-state index in [0.29, 0.717) is 23.6 Å². The Balaban J connectivity index is 1.77. The lowest BCUT2D eigenvalue weighted by Crippen LogP contribution is -2.31. The zero-order valence-corrected chi connectivity index (χ0v) is 15.6. The van der Waals surface area contributed by atoms with Gasteiger partial charge < -0.3 is 5.11 Å². The Kier molecular flexibility index (Phi) is 4.33. The van der Waals surface area contributed by atoms with Gasteiger partial charge in [-0.1, -0.05) is 49.7 Å². The Hall–Kier alpha value is -1.80. The molecule has 0 radical (unpaired) electrons. The van der Waals surface area contributed by atoms with Crippen LogP contribution >= 0.6 is 0 Å². The van der Waals surface area contributed by atoms with Gasteiger partial charge in [-0.25, -0.2) is 0 Å². The second kappa shape index (κ2) is 6.49. The van der Waals surface area contributed by atoms with Crippen LogP contribution < -0.4 is 0 Å². The van der Waals surface area contributed by atoms with Crippen molar-refractivity contribution in [3.05, 3.63) is 64.2 Å². The molecule has 2 nitrogen and oxygen atoms in total. The summed E-state index contributed by atoms with van der Waals surface area (Å²) in [5.74, 6) is 1.89. The summed E-state index contributed by atoms with van der Waals surface area (Å²) in [6, 6.07) is 13.5. The first-order chi connectivity index (χ1) is 12.1. The fourth-order valence-electron chi connectivity index (χ4n) is 5.36. The molecule has 0 saturated heterocycles. The SMILES string of the molecule is CCN(Cc1ccccc1)C1c2c(cc(C)c(O)c2C)[C@H]2CCC[C@@H]12. The first-order valence-electron chi connectivity index (χ1n) is 9.72. The van der Waals surface area contributed by atoms with Gasteiger partial charge in [0, 0.05) is 12.6 Å². The molecule has 0 aliphatic heterocycles. The van der Waals surface area contributed by atoms with Crippen molar-refractivity contribution in [1.29, 1.82) is 0 Å². The lowest BCUT2D eigenvalue weighted by atomic mass is 9.92. The summed E-state index contributed by atoms with van der Waals surface area (Å²) in [7, 11) is 0. The predicted octanol–water partition coefficient (Wildman–Crippen LogP) is 5.47. The number of fused-ring (bicyclic) bond motifs is 3. The van der Waals surface area contributed by atoms with Crippen LogP contribution in [-0.4, -0.2) is 16.6 Å². The van der Waals surface area contributed by atoms with Gasteiger partial charge in [-0.2, -0.15) is 0 Å². The second-order valence-electron chi connectivity index (χ2n) is 7.86. The van der Waals surface area contributed by atoms with Gasteiger partial charge in [0.15, 0.2) is 0 Å². The van der Waals surface area contributed by atoms with E-state index in [1.807, 2.05) is 6.92 Å². The Morgan fingerprint density at radius 1 is 1.12 bits per heavy atom. The molecule has 25 heavy (non-hydrogen) atoms. The zero-order valence-electron chi connectivity index (χ0n) is 15.6. The van der Waals surface area contributed by atoms with Gasteiger partial charge in [0.05, 0.1) is 0 Å². The minimum Gasteiger partial charge on any atom is -0.507 e. The lowest BCUT2D eigenvalue weighted by Gasteiger charge is -2.33. The van der Waals surface area contributed by atoms with Crippen molar-refractivity contribution < 1.29 is 5.11 Å². The van der Waals surface area contributed by atoms with E-state index in [0.717, 1.165) is 24.2 Å². The molecule has 1 N–H and O–H groups in total. The van der Waals surface area contributed by atoms with Crippen molar-refractivity contribution in [3.8, 4) is 5.75 Å². The highest BCUT2D eigenvalue weighted by Gasteiger charge is 2.46. The Morgan fingerprint density at radius 2 is 1.88 bits per heavy atom. The third kappa shape index (κ3) is 2.67.